The third-order valence-corrected chi connectivity index (χ3v) is 5.40. The van der Waals surface area contributed by atoms with Crippen molar-refractivity contribution in [3.05, 3.63) is 11.7 Å². The molecule has 1 aromatic rings. The Hall–Kier alpha value is -1.59. The molecule has 2 heterocycles. The van der Waals surface area contributed by atoms with Crippen molar-refractivity contribution in [3.63, 3.8) is 0 Å². The Morgan fingerprint density at radius 3 is 2.79 bits per heavy atom. The quantitative estimate of drug-likeness (QED) is 0.663. The maximum absolute atomic E-state index is 5.16. The molecule has 1 aliphatic carbocycles. The molecule has 6 heteroatoms. The highest BCUT2D eigenvalue weighted by Gasteiger charge is 2.39. The largest absolute Gasteiger partial charge is 0.357 e. The van der Waals surface area contributed by atoms with Gasteiger partial charge in [0.2, 0.25) is 5.89 Å². The number of aliphatic imine (C=N–C) groups is 1. The van der Waals surface area contributed by atoms with Crippen LogP contribution in [0, 0.1) is 5.41 Å². The van der Waals surface area contributed by atoms with Crippen LogP contribution in [0.4, 0.5) is 0 Å². The number of hydrogen-bond donors (Lipinski definition) is 1. The van der Waals surface area contributed by atoms with E-state index in [0.717, 1.165) is 37.7 Å². The minimum Gasteiger partial charge on any atom is -0.357 e. The summed E-state index contributed by atoms with van der Waals surface area (Å²) in [6.45, 7) is 8.07. The Kier molecular flexibility index (Phi) is 5.74. The minimum atomic E-state index is 0.554. The standard InChI is InChI=1S/C18H31N5O/c1-3-16-21-15(22-24-16)8-12-20-17(19-4-2)23-13-11-18(14-23)9-6-5-7-10-18/h3-14H2,1-2H3,(H,19,20). The molecule has 1 aliphatic heterocycles. The highest BCUT2D eigenvalue weighted by molar-refractivity contribution is 5.80. The lowest BCUT2D eigenvalue weighted by molar-refractivity contribution is 0.203. The fourth-order valence-corrected chi connectivity index (χ4v) is 4.05. The molecule has 1 spiro atoms. The first-order valence-corrected chi connectivity index (χ1v) is 9.59. The third-order valence-electron chi connectivity index (χ3n) is 5.40. The van der Waals surface area contributed by atoms with Crippen LogP contribution < -0.4 is 5.32 Å². The van der Waals surface area contributed by atoms with Gasteiger partial charge in [-0.05, 0) is 31.6 Å². The van der Waals surface area contributed by atoms with Gasteiger partial charge in [-0.1, -0.05) is 31.3 Å². The van der Waals surface area contributed by atoms with Crippen LogP contribution in [0.5, 0.6) is 0 Å². The van der Waals surface area contributed by atoms with Crippen LogP contribution in [0.3, 0.4) is 0 Å². The molecule has 0 radical (unpaired) electrons. The minimum absolute atomic E-state index is 0.554. The summed E-state index contributed by atoms with van der Waals surface area (Å²) in [6, 6.07) is 0. The van der Waals surface area contributed by atoms with E-state index in [-0.39, 0.29) is 0 Å². The molecule has 3 rings (SSSR count). The molecule has 0 aromatic carbocycles. The van der Waals surface area contributed by atoms with Crippen molar-refractivity contribution in [3.8, 4) is 0 Å². The first kappa shape index (κ1) is 17.2. The number of nitrogens with one attached hydrogen (secondary N) is 1. The molecule has 24 heavy (non-hydrogen) atoms. The monoisotopic (exact) mass is 333 g/mol. The summed E-state index contributed by atoms with van der Waals surface area (Å²) in [7, 11) is 0. The van der Waals surface area contributed by atoms with Crippen LogP contribution in [-0.4, -0.2) is 47.2 Å². The topological polar surface area (TPSA) is 66.5 Å². The Morgan fingerprint density at radius 2 is 2.08 bits per heavy atom. The van der Waals surface area contributed by atoms with E-state index in [9.17, 15) is 0 Å². The number of likely N-dealkylation sites (tertiary alicyclic amines) is 1. The molecule has 1 N–H and O–H groups in total. The van der Waals surface area contributed by atoms with Crippen LogP contribution in [0.2, 0.25) is 0 Å². The predicted octanol–water partition coefficient (Wildman–Crippen LogP) is 2.80. The van der Waals surface area contributed by atoms with Gasteiger partial charge in [0.05, 0.1) is 0 Å². The van der Waals surface area contributed by atoms with Gasteiger partial charge < -0.3 is 14.7 Å². The second kappa shape index (κ2) is 7.99. The highest BCUT2D eigenvalue weighted by Crippen LogP contribution is 2.43. The number of guanidine groups is 1. The van der Waals surface area contributed by atoms with E-state index in [0.29, 0.717) is 17.9 Å². The molecular formula is C18H31N5O. The summed E-state index contributed by atoms with van der Waals surface area (Å²) in [5.41, 5.74) is 0.554. The first-order valence-electron chi connectivity index (χ1n) is 9.59. The van der Waals surface area contributed by atoms with Crippen LogP contribution in [0.15, 0.2) is 9.52 Å². The van der Waals surface area contributed by atoms with Gasteiger partial charge >= 0.3 is 0 Å². The van der Waals surface area contributed by atoms with Crippen molar-refractivity contribution in [1.29, 1.82) is 0 Å². The van der Waals surface area contributed by atoms with Gasteiger partial charge in [-0.2, -0.15) is 4.98 Å². The number of hydrogen-bond acceptors (Lipinski definition) is 4. The summed E-state index contributed by atoms with van der Waals surface area (Å²) < 4.78 is 5.16. The van der Waals surface area contributed by atoms with Crippen molar-refractivity contribution in [2.24, 2.45) is 10.4 Å². The molecule has 2 aliphatic rings. The van der Waals surface area contributed by atoms with Crippen LogP contribution >= 0.6 is 0 Å². The number of nitrogens with zero attached hydrogens (tertiary/aromatic N) is 4. The van der Waals surface area contributed by atoms with E-state index in [4.69, 9.17) is 9.52 Å². The van der Waals surface area contributed by atoms with Gasteiger partial charge in [0.1, 0.15) is 0 Å². The molecule has 1 saturated heterocycles. The maximum atomic E-state index is 5.16. The molecular weight excluding hydrogens is 302 g/mol. The van der Waals surface area contributed by atoms with Crippen molar-refractivity contribution in [1.82, 2.24) is 20.4 Å². The molecule has 0 amide bonds. The van der Waals surface area contributed by atoms with E-state index in [1.807, 2.05) is 6.92 Å². The molecule has 0 atom stereocenters. The third kappa shape index (κ3) is 4.08. The second-order valence-electron chi connectivity index (χ2n) is 7.18. The number of aryl methyl sites for hydroxylation is 1. The van der Waals surface area contributed by atoms with Crippen molar-refractivity contribution in [2.75, 3.05) is 26.2 Å². The fraction of sp³-hybridized carbons (Fsp3) is 0.833. The maximum Gasteiger partial charge on any atom is 0.226 e. The molecule has 1 aromatic heterocycles. The molecule has 1 saturated carbocycles. The summed E-state index contributed by atoms with van der Waals surface area (Å²) >= 11 is 0. The summed E-state index contributed by atoms with van der Waals surface area (Å²) in [5.74, 6) is 2.52. The zero-order valence-electron chi connectivity index (χ0n) is 15.2. The average molecular weight is 333 g/mol. The predicted molar refractivity (Wildman–Crippen MR) is 95.1 cm³/mol. The normalized spacial score (nSPS) is 20.8. The molecule has 2 fully saturated rings. The Labute approximate surface area is 145 Å². The van der Waals surface area contributed by atoms with E-state index in [2.05, 4.69) is 27.3 Å². The van der Waals surface area contributed by atoms with Crippen molar-refractivity contribution < 1.29 is 4.52 Å². The lowest BCUT2D eigenvalue weighted by Crippen LogP contribution is -2.41. The van der Waals surface area contributed by atoms with Crippen LogP contribution in [0.25, 0.3) is 0 Å². The van der Waals surface area contributed by atoms with Gasteiger partial charge in [0.25, 0.3) is 0 Å². The van der Waals surface area contributed by atoms with Gasteiger partial charge in [-0.25, -0.2) is 0 Å². The lowest BCUT2D eigenvalue weighted by Gasteiger charge is -2.33. The van der Waals surface area contributed by atoms with E-state index in [1.54, 1.807) is 0 Å². The van der Waals surface area contributed by atoms with Gasteiger partial charge in [0, 0.05) is 39.0 Å². The van der Waals surface area contributed by atoms with E-state index >= 15 is 0 Å². The molecule has 134 valence electrons. The van der Waals surface area contributed by atoms with E-state index in [1.165, 1.54) is 45.1 Å². The highest BCUT2D eigenvalue weighted by atomic mass is 16.5. The van der Waals surface area contributed by atoms with Gasteiger partial charge in [-0.15, -0.1) is 0 Å². The number of aromatic nitrogens is 2. The van der Waals surface area contributed by atoms with Crippen LogP contribution in [-0.2, 0) is 12.8 Å². The first-order chi connectivity index (χ1) is 11.7. The summed E-state index contributed by atoms with van der Waals surface area (Å²) in [4.78, 5) is 11.6. The Morgan fingerprint density at radius 1 is 1.25 bits per heavy atom. The van der Waals surface area contributed by atoms with Gasteiger partial charge in [-0.3, -0.25) is 4.99 Å². The molecule has 0 unspecified atom stereocenters. The smallest absolute Gasteiger partial charge is 0.226 e. The zero-order chi connectivity index (χ0) is 16.8. The second-order valence-corrected chi connectivity index (χ2v) is 7.18. The van der Waals surface area contributed by atoms with Crippen LogP contribution in [0.1, 0.15) is 64.1 Å². The molecule has 0 bridgehead atoms. The average Bonchev–Trinajstić information content (AvgIpc) is 3.22. The van der Waals surface area contributed by atoms with Crippen molar-refractivity contribution in [2.45, 2.75) is 65.2 Å². The van der Waals surface area contributed by atoms with Crippen molar-refractivity contribution >= 4 is 5.96 Å². The SMILES string of the molecule is CCNC(=NCCc1noc(CC)n1)N1CCC2(CCCCC2)C1. The number of rotatable bonds is 5. The Balaban J connectivity index is 1.57. The fourth-order valence-electron chi connectivity index (χ4n) is 4.05. The molecule has 6 nitrogen and oxygen atoms in total. The zero-order valence-corrected chi connectivity index (χ0v) is 15.2. The van der Waals surface area contributed by atoms with E-state index < -0.39 is 0 Å². The lowest BCUT2D eigenvalue weighted by atomic mass is 9.73. The Bertz CT molecular complexity index is 547. The summed E-state index contributed by atoms with van der Waals surface area (Å²) in [6.07, 6.45) is 9.85. The van der Waals surface area contributed by atoms with Gasteiger partial charge in [0.15, 0.2) is 11.8 Å². The summed E-state index contributed by atoms with van der Waals surface area (Å²) in [5, 5.41) is 7.47.